The van der Waals surface area contributed by atoms with Gasteiger partial charge in [0.2, 0.25) is 5.91 Å². The SMILES string of the molecule is Cl.O=C1CCCN1CCN(CC1CCCN1)C1CC1. The predicted octanol–water partition coefficient (Wildman–Crippen LogP) is 1.25. The predicted molar refractivity (Wildman–Crippen MR) is 78.7 cm³/mol. The lowest BCUT2D eigenvalue weighted by atomic mass is 10.2. The maximum Gasteiger partial charge on any atom is 0.222 e. The molecule has 0 bridgehead atoms. The molecule has 0 aromatic heterocycles. The Morgan fingerprint density at radius 1 is 1.26 bits per heavy atom. The highest BCUT2D eigenvalue weighted by Gasteiger charge is 2.32. The largest absolute Gasteiger partial charge is 0.341 e. The molecule has 1 saturated carbocycles. The second kappa shape index (κ2) is 6.91. The van der Waals surface area contributed by atoms with Crippen LogP contribution in [0.1, 0.15) is 38.5 Å². The molecule has 2 saturated heterocycles. The molecule has 3 rings (SSSR count). The lowest BCUT2D eigenvalue weighted by Gasteiger charge is -2.27. The number of nitrogens with zero attached hydrogens (tertiary/aromatic N) is 2. The van der Waals surface area contributed by atoms with Gasteiger partial charge in [-0.2, -0.15) is 0 Å². The summed E-state index contributed by atoms with van der Waals surface area (Å²) in [6, 6.07) is 1.50. The summed E-state index contributed by atoms with van der Waals surface area (Å²) >= 11 is 0. The number of amides is 1. The van der Waals surface area contributed by atoms with E-state index in [1.807, 2.05) is 0 Å². The molecule has 0 aromatic carbocycles. The van der Waals surface area contributed by atoms with Crippen LogP contribution in [0.3, 0.4) is 0 Å². The molecule has 2 aliphatic heterocycles. The van der Waals surface area contributed by atoms with Gasteiger partial charge in [0, 0.05) is 44.7 Å². The van der Waals surface area contributed by atoms with E-state index in [1.54, 1.807) is 0 Å². The van der Waals surface area contributed by atoms with E-state index in [9.17, 15) is 4.79 Å². The van der Waals surface area contributed by atoms with Crippen LogP contribution >= 0.6 is 12.4 Å². The molecular formula is C14H26ClN3O. The molecule has 4 nitrogen and oxygen atoms in total. The van der Waals surface area contributed by atoms with Crippen LogP contribution in [-0.2, 0) is 4.79 Å². The summed E-state index contributed by atoms with van der Waals surface area (Å²) in [7, 11) is 0. The molecule has 0 aromatic rings. The third-order valence-corrected chi connectivity index (χ3v) is 4.51. The fourth-order valence-electron chi connectivity index (χ4n) is 3.25. The average molecular weight is 288 g/mol. The fourth-order valence-corrected chi connectivity index (χ4v) is 3.25. The highest BCUT2D eigenvalue weighted by Crippen LogP contribution is 2.27. The van der Waals surface area contributed by atoms with Gasteiger partial charge >= 0.3 is 0 Å². The quantitative estimate of drug-likeness (QED) is 0.799. The van der Waals surface area contributed by atoms with E-state index in [1.165, 1.54) is 38.8 Å². The van der Waals surface area contributed by atoms with Crippen LogP contribution in [0.15, 0.2) is 0 Å². The maximum atomic E-state index is 11.6. The van der Waals surface area contributed by atoms with Gasteiger partial charge in [-0.1, -0.05) is 0 Å². The fraction of sp³-hybridized carbons (Fsp3) is 0.929. The van der Waals surface area contributed by atoms with Gasteiger partial charge in [-0.15, -0.1) is 12.4 Å². The summed E-state index contributed by atoms with van der Waals surface area (Å²) in [5.41, 5.74) is 0. The number of carbonyl (C=O) groups excluding carboxylic acids is 1. The molecule has 1 N–H and O–H groups in total. The minimum absolute atomic E-state index is 0. The molecule has 0 spiro atoms. The van der Waals surface area contributed by atoms with Crippen LogP contribution in [0.5, 0.6) is 0 Å². The van der Waals surface area contributed by atoms with Gasteiger partial charge in [-0.25, -0.2) is 0 Å². The first-order chi connectivity index (χ1) is 8.83. The third-order valence-electron chi connectivity index (χ3n) is 4.51. The van der Waals surface area contributed by atoms with Crippen molar-refractivity contribution < 1.29 is 4.79 Å². The second-order valence-electron chi connectivity index (χ2n) is 6.00. The van der Waals surface area contributed by atoms with Crippen molar-refractivity contribution in [2.75, 3.05) is 32.7 Å². The van der Waals surface area contributed by atoms with Crippen molar-refractivity contribution in [3.05, 3.63) is 0 Å². The lowest BCUT2D eigenvalue weighted by molar-refractivity contribution is -0.127. The zero-order valence-corrected chi connectivity index (χ0v) is 12.5. The molecule has 19 heavy (non-hydrogen) atoms. The van der Waals surface area contributed by atoms with E-state index in [-0.39, 0.29) is 12.4 Å². The van der Waals surface area contributed by atoms with Crippen molar-refractivity contribution in [2.45, 2.75) is 50.6 Å². The summed E-state index contributed by atoms with van der Waals surface area (Å²) < 4.78 is 0. The Balaban J connectivity index is 0.00000133. The highest BCUT2D eigenvalue weighted by atomic mass is 35.5. The first kappa shape index (κ1) is 15.1. The van der Waals surface area contributed by atoms with Crippen molar-refractivity contribution in [2.24, 2.45) is 0 Å². The Kier molecular flexibility index (Phi) is 5.48. The van der Waals surface area contributed by atoms with Crippen LogP contribution in [0.25, 0.3) is 0 Å². The Hall–Kier alpha value is -0.320. The average Bonchev–Trinajstić information content (AvgIpc) is 2.93. The second-order valence-corrected chi connectivity index (χ2v) is 6.00. The van der Waals surface area contributed by atoms with Crippen molar-refractivity contribution in [3.8, 4) is 0 Å². The number of hydrogen-bond donors (Lipinski definition) is 1. The molecule has 2 heterocycles. The van der Waals surface area contributed by atoms with Crippen molar-refractivity contribution >= 4 is 18.3 Å². The zero-order valence-electron chi connectivity index (χ0n) is 11.6. The number of nitrogens with one attached hydrogen (secondary N) is 1. The van der Waals surface area contributed by atoms with Gasteiger partial charge in [0.1, 0.15) is 0 Å². The van der Waals surface area contributed by atoms with Crippen molar-refractivity contribution in [1.29, 1.82) is 0 Å². The lowest BCUT2D eigenvalue weighted by Crippen LogP contribution is -2.43. The summed E-state index contributed by atoms with van der Waals surface area (Å²) in [6.07, 6.45) is 7.21. The molecule has 110 valence electrons. The molecule has 1 atom stereocenters. The van der Waals surface area contributed by atoms with Gasteiger partial charge in [0.05, 0.1) is 0 Å². The Labute approximate surface area is 122 Å². The topological polar surface area (TPSA) is 35.6 Å². The van der Waals surface area contributed by atoms with E-state index >= 15 is 0 Å². The van der Waals surface area contributed by atoms with E-state index in [2.05, 4.69) is 15.1 Å². The molecule has 3 aliphatic rings. The van der Waals surface area contributed by atoms with Crippen LogP contribution < -0.4 is 5.32 Å². The minimum Gasteiger partial charge on any atom is -0.341 e. The van der Waals surface area contributed by atoms with Crippen molar-refractivity contribution in [1.82, 2.24) is 15.1 Å². The summed E-state index contributed by atoms with van der Waals surface area (Å²) in [4.78, 5) is 16.3. The van der Waals surface area contributed by atoms with Crippen LogP contribution in [0.4, 0.5) is 0 Å². The Morgan fingerprint density at radius 2 is 2.11 bits per heavy atom. The summed E-state index contributed by atoms with van der Waals surface area (Å²) in [6.45, 7) is 5.39. The van der Waals surface area contributed by atoms with Gasteiger partial charge in [-0.3, -0.25) is 9.69 Å². The van der Waals surface area contributed by atoms with Crippen LogP contribution in [0.2, 0.25) is 0 Å². The minimum atomic E-state index is 0. The van der Waals surface area contributed by atoms with Gasteiger partial charge in [0.15, 0.2) is 0 Å². The van der Waals surface area contributed by atoms with Crippen LogP contribution in [0, 0.1) is 0 Å². The molecule has 0 radical (unpaired) electrons. The molecular weight excluding hydrogens is 262 g/mol. The van der Waals surface area contributed by atoms with Crippen molar-refractivity contribution in [3.63, 3.8) is 0 Å². The zero-order chi connectivity index (χ0) is 12.4. The van der Waals surface area contributed by atoms with Gasteiger partial charge < -0.3 is 10.2 Å². The maximum absolute atomic E-state index is 11.6. The molecule has 5 heteroatoms. The first-order valence-corrected chi connectivity index (χ1v) is 7.58. The highest BCUT2D eigenvalue weighted by molar-refractivity contribution is 5.85. The standard InChI is InChI=1S/C14H25N3O.ClH/c18-14-4-2-8-16(14)9-10-17(13-5-6-13)11-12-3-1-7-15-12;/h12-13,15H,1-11H2;1H. The molecule has 1 amide bonds. The number of carbonyl (C=O) groups is 1. The van der Waals surface area contributed by atoms with Crippen LogP contribution in [-0.4, -0.2) is 60.5 Å². The summed E-state index contributed by atoms with van der Waals surface area (Å²) in [5.74, 6) is 0.365. The van der Waals surface area contributed by atoms with E-state index in [0.717, 1.165) is 38.5 Å². The van der Waals surface area contributed by atoms with E-state index in [0.29, 0.717) is 11.9 Å². The molecule has 1 aliphatic carbocycles. The number of likely N-dealkylation sites (tertiary alicyclic amines) is 1. The van der Waals surface area contributed by atoms with Gasteiger partial charge in [-0.05, 0) is 38.6 Å². The number of rotatable bonds is 6. The smallest absolute Gasteiger partial charge is 0.222 e. The first-order valence-electron chi connectivity index (χ1n) is 7.58. The third kappa shape index (κ3) is 4.07. The summed E-state index contributed by atoms with van der Waals surface area (Å²) in [5, 5.41) is 3.58. The molecule has 3 fully saturated rings. The van der Waals surface area contributed by atoms with E-state index in [4.69, 9.17) is 0 Å². The monoisotopic (exact) mass is 287 g/mol. The van der Waals surface area contributed by atoms with E-state index < -0.39 is 0 Å². The normalized spacial score (nSPS) is 27.1. The molecule has 1 unspecified atom stereocenters. The van der Waals surface area contributed by atoms with Gasteiger partial charge in [0.25, 0.3) is 0 Å². The number of halogens is 1. The Bertz CT molecular complexity index is 303. The Morgan fingerprint density at radius 3 is 2.68 bits per heavy atom. The number of hydrogen-bond acceptors (Lipinski definition) is 3.